The molecule has 0 aromatic heterocycles. The lowest BCUT2D eigenvalue weighted by atomic mass is 10.1. The SMILES string of the molecule is COc1ccc(NC(=O)NCCC2CCNC2)cc1. The van der Waals surface area contributed by atoms with E-state index in [1.807, 2.05) is 24.3 Å². The molecule has 19 heavy (non-hydrogen) atoms. The number of benzene rings is 1. The van der Waals surface area contributed by atoms with E-state index in [2.05, 4.69) is 16.0 Å². The second kappa shape index (κ2) is 6.99. The third kappa shape index (κ3) is 4.44. The van der Waals surface area contributed by atoms with E-state index < -0.39 is 0 Å². The summed E-state index contributed by atoms with van der Waals surface area (Å²) in [4.78, 5) is 11.7. The van der Waals surface area contributed by atoms with E-state index >= 15 is 0 Å². The maximum absolute atomic E-state index is 11.7. The van der Waals surface area contributed by atoms with Gasteiger partial charge in [-0.1, -0.05) is 0 Å². The van der Waals surface area contributed by atoms with E-state index in [0.717, 1.165) is 30.9 Å². The van der Waals surface area contributed by atoms with Crippen molar-refractivity contribution in [3.05, 3.63) is 24.3 Å². The van der Waals surface area contributed by atoms with Crippen molar-refractivity contribution < 1.29 is 9.53 Å². The van der Waals surface area contributed by atoms with Crippen LogP contribution in [0.15, 0.2) is 24.3 Å². The molecule has 104 valence electrons. The molecule has 1 aliphatic rings. The Kier molecular flexibility index (Phi) is 5.03. The van der Waals surface area contributed by atoms with Gasteiger partial charge in [-0.15, -0.1) is 0 Å². The molecule has 0 spiro atoms. The third-order valence-electron chi connectivity index (χ3n) is 3.35. The van der Waals surface area contributed by atoms with E-state index in [1.54, 1.807) is 7.11 Å². The summed E-state index contributed by atoms with van der Waals surface area (Å²) in [5.41, 5.74) is 0.765. The topological polar surface area (TPSA) is 62.4 Å². The number of nitrogens with one attached hydrogen (secondary N) is 3. The van der Waals surface area contributed by atoms with Crippen LogP contribution in [0, 0.1) is 5.92 Å². The van der Waals surface area contributed by atoms with Gasteiger partial charge in [0.2, 0.25) is 0 Å². The molecule has 0 aliphatic carbocycles. The molecular weight excluding hydrogens is 242 g/mol. The summed E-state index contributed by atoms with van der Waals surface area (Å²) >= 11 is 0. The molecule has 1 atom stereocenters. The first-order valence-corrected chi connectivity index (χ1v) is 6.67. The molecule has 2 amide bonds. The number of carbonyl (C=O) groups is 1. The molecule has 1 saturated heterocycles. The lowest BCUT2D eigenvalue weighted by Gasteiger charge is -2.10. The summed E-state index contributed by atoms with van der Waals surface area (Å²) in [7, 11) is 1.62. The van der Waals surface area contributed by atoms with Crippen LogP contribution < -0.4 is 20.7 Å². The monoisotopic (exact) mass is 263 g/mol. The zero-order chi connectivity index (χ0) is 13.5. The molecule has 1 aromatic carbocycles. The number of hydrogen-bond donors (Lipinski definition) is 3. The van der Waals surface area contributed by atoms with Gasteiger partial charge in [0.15, 0.2) is 0 Å². The minimum Gasteiger partial charge on any atom is -0.497 e. The quantitative estimate of drug-likeness (QED) is 0.759. The second-order valence-corrected chi connectivity index (χ2v) is 4.76. The lowest BCUT2D eigenvalue weighted by molar-refractivity contribution is 0.251. The van der Waals surface area contributed by atoms with E-state index in [1.165, 1.54) is 6.42 Å². The Labute approximate surface area is 113 Å². The first kappa shape index (κ1) is 13.7. The lowest BCUT2D eigenvalue weighted by Crippen LogP contribution is -2.30. The van der Waals surface area contributed by atoms with Gasteiger partial charge in [-0.3, -0.25) is 0 Å². The molecule has 0 bridgehead atoms. The van der Waals surface area contributed by atoms with E-state index in [4.69, 9.17) is 4.74 Å². The van der Waals surface area contributed by atoms with Gasteiger partial charge in [-0.05, 0) is 56.1 Å². The van der Waals surface area contributed by atoms with Crippen molar-refractivity contribution in [3.8, 4) is 5.75 Å². The van der Waals surface area contributed by atoms with Crippen LogP contribution in [0.25, 0.3) is 0 Å². The third-order valence-corrected chi connectivity index (χ3v) is 3.35. The predicted molar refractivity (Wildman–Crippen MR) is 75.6 cm³/mol. The number of urea groups is 1. The van der Waals surface area contributed by atoms with Crippen molar-refractivity contribution in [1.82, 2.24) is 10.6 Å². The Hall–Kier alpha value is -1.75. The molecule has 1 unspecified atom stereocenters. The van der Waals surface area contributed by atoms with Gasteiger partial charge in [0.1, 0.15) is 5.75 Å². The number of ether oxygens (including phenoxy) is 1. The highest BCUT2D eigenvalue weighted by Crippen LogP contribution is 2.15. The van der Waals surface area contributed by atoms with Crippen LogP contribution in [0.5, 0.6) is 5.75 Å². The molecule has 1 aliphatic heterocycles. The van der Waals surface area contributed by atoms with Gasteiger partial charge >= 0.3 is 6.03 Å². The molecule has 1 heterocycles. The number of amides is 2. The molecule has 0 saturated carbocycles. The number of hydrogen-bond acceptors (Lipinski definition) is 3. The van der Waals surface area contributed by atoms with Crippen molar-refractivity contribution in [2.24, 2.45) is 5.92 Å². The smallest absolute Gasteiger partial charge is 0.319 e. The van der Waals surface area contributed by atoms with Crippen LogP contribution in [0.3, 0.4) is 0 Å². The maximum atomic E-state index is 11.7. The van der Waals surface area contributed by atoms with Crippen LogP contribution >= 0.6 is 0 Å². The standard InChI is InChI=1S/C14H21N3O2/c1-19-13-4-2-12(3-5-13)17-14(18)16-9-7-11-6-8-15-10-11/h2-5,11,15H,6-10H2,1H3,(H2,16,17,18). The average Bonchev–Trinajstić information content (AvgIpc) is 2.93. The molecule has 5 nitrogen and oxygen atoms in total. The highest BCUT2D eigenvalue weighted by molar-refractivity contribution is 5.89. The van der Waals surface area contributed by atoms with Crippen molar-refractivity contribution >= 4 is 11.7 Å². The van der Waals surface area contributed by atoms with Gasteiger partial charge < -0.3 is 20.7 Å². The number of methoxy groups -OCH3 is 1. The summed E-state index contributed by atoms with van der Waals surface area (Å²) in [5.74, 6) is 1.47. The minimum atomic E-state index is -0.156. The summed E-state index contributed by atoms with van der Waals surface area (Å²) in [6.07, 6.45) is 2.24. The Morgan fingerprint density at radius 1 is 1.42 bits per heavy atom. The number of anilines is 1. The van der Waals surface area contributed by atoms with Gasteiger partial charge in [-0.2, -0.15) is 0 Å². The zero-order valence-electron chi connectivity index (χ0n) is 11.2. The summed E-state index contributed by atoms with van der Waals surface area (Å²) in [6, 6.07) is 7.12. The number of carbonyl (C=O) groups excluding carboxylic acids is 1. The van der Waals surface area contributed by atoms with Crippen molar-refractivity contribution in [2.45, 2.75) is 12.8 Å². The van der Waals surface area contributed by atoms with E-state index in [0.29, 0.717) is 12.5 Å². The van der Waals surface area contributed by atoms with Gasteiger partial charge in [0.25, 0.3) is 0 Å². The van der Waals surface area contributed by atoms with Crippen LogP contribution in [-0.4, -0.2) is 32.8 Å². The summed E-state index contributed by atoms with van der Waals surface area (Å²) in [5, 5.41) is 9.00. The van der Waals surface area contributed by atoms with Crippen molar-refractivity contribution in [1.29, 1.82) is 0 Å². The van der Waals surface area contributed by atoms with Crippen LogP contribution in [0.2, 0.25) is 0 Å². The normalized spacial score (nSPS) is 18.1. The fraction of sp³-hybridized carbons (Fsp3) is 0.500. The number of rotatable bonds is 5. The zero-order valence-corrected chi connectivity index (χ0v) is 11.2. The molecule has 1 fully saturated rings. The summed E-state index contributed by atoms with van der Waals surface area (Å²) < 4.78 is 5.06. The Balaban J connectivity index is 1.68. The van der Waals surface area contributed by atoms with Crippen molar-refractivity contribution in [2.75, 3.05) is 32.1 Å². The Morgan fingerprint density at radius 2 is 2.21 bits per heavy atom. The fourth-order valence-electron chi connectivity index (χ4n) is 2.20. The minimum absolute atomic E-state index is 0.156. The maximum Gasteiger partial charge on any atom is 0.319 e. The highest BCUT2D eigenvalue weighted by Gasteiger charge is 2.13. The molecule has 3 N–H and O–H groups in total. The average molecular weight is 263 g/mol. The van der Waals surface area contributed by atoms with Crippen LogP contribution in [-0.2, 0) is 0 Å². The van der Waals surface area contributed by atoms with Gasteiger partial charge in [0.05, 0.1) is 7.11 Å². The second-order valence-electron chi connectivity index (χ2n) is 4.76. The molecule has 2 rings (SSSR count). The van der Waals surface area contributed by atoms with Crippen molar-refractivity contribution in [3.63, 3.8) is 0 Å². The molecule has 5 heteroatoms. The Bertz CT molecular complexity index is 400. The largest absolute Gasteiger partial charge is 0.497 e. The first-order chi connectivity index (χ1) is 9.28. The van der Waals surface area contributed by atoms with E-state index in [9.17, 15) is 4.79 Å². The molecular formula is C14H21N3O2. The van der Waals surface area contributed by atoms with Crippen LogP contribution in [0.1, 0.15) is 12.8 Å². The van der Waals surface area contributed by atoms with Gasteiger partial charge in [-0.25, -0.2) is 4.79 Å². The van der Waals surface area contributed by atoms with Crippen LogP contribution in [0.4, 0.5) is 10.5 Å². The van der Waals surface area contributed by atoms with E-state index in [-0.39, 0.29) is 6.03 Å². The summed E-state index contributed by atoms with van der Waals surface area (Å²) in [6.45, 7) is 2.89. The Morgan fingerprint density at radius 3 is 2.84 bits per heavy atom. The predicted octanol–water partition coefficient (Wildman–Crippen LogP) is 1.82. The highest BCUT2D eigenvalue weighted by atomic mass is 16.5. The fourth-order valence-corrected chi connectivity index (χ4v) is 2.20. The molecule has 1 aromatic rings. The first-order valence-electron chi connectivity index (χ1n) is 6.67. The molecule has 0 radical (unpaired) electrons. The van der Waals surface area contributed by atoms with Gasteiger partial charge in [0, 0.05) is 12.2 Å².